The van der Waals surface area contributed by atoms with Gasteiger partial charge in [-0.3, -0.25) is 5.32 Å². The third-order valence-corrected chi connectivity index (χ3v) is 4.14. The minimum absolute atomic E-state index is 0.0134. The first-order valence-corrected chi connectivity index (χ1v) is 8.61. The van der Waals surface area contributed by atoms with Crippen LogP contribution in [0.4, 0.5) is 4.79 Å². The standard InChI is InChI=1S/C16H21NO6S/c1-11-6-8-12(9-7-11)24(20,21)10-13(14(18)22-5)17-15(19)23-16(2,3)4/h6-10H,1-5H3,(H,17,19)/b13-10+. The lowest BCUT2D eigenvalue weighted by atomic mass is 10.2. The van der Waals surface area contributed by atoms with Gasteiger partial charge in [-0.05, 0) is 39.8 Å². The molecule has 7 nitrogen and oxygen atoms in total. The number of methoxy groups -OCH3 is 1. The van der Waals surface area contributed by atoms with Gasteiger partial charge in [-0.2, -0.15) is 0 Å². The molecule has 0 spiro atoms. The van der Waals surface area contributed by atoms with Gasteiger partial charge in [-0.25, -0.2) is 18.0 Å². The predicted molar refractivity (Wildman–Crippen MR) is 87.8 cm³/mol. The number of alkyl carbamates (subject to hydrolysis) is 1. The molecule has 0 aliphatic heterocycles. The second kappa shape index (κ2) is 7.48. The number of rotatable bonds is 4. The van der Waals surface area contributed by atoms with Gasteiger partial charge in [-0.1, -0.05) is 17.7 Å². The van der Waals surface area contributed by atoms with E-state index in [0.717, 1.165) is 12.7 Å². The maximum absolute atomic E-state index is 12.4. The van der Waals surface area contributed by atoms with Gasteiger partial charge in [-0.15, -0.1) is 0 Å². The fourth-order valence-corrected chi connectivity index (χ4v) is 2.72. The Labute approximate surface area is 141 Å². The number of nitrogens with one attached hydrogen (secondary N) is 1. The Kier molecular flexibility index (Phi) is 6.14. The predicted octanol–water partition coefficient (Wildman–Crippen LogP) is 2.31. The van der Waals surface area contributed by atoms with Crippen molar-refractivity contribution in [2.24, 2.45) is 0 Å². The summed E-state index contributed by atoms with van der Waals surface area (Å²) in [4.78, 5) is 23.5. The lowest BCUT2D eigenvalue weighted by Gasteiger charge is -2.20. The Morgan fingerprint density at radius 3 is 2.12 bits per heavy atom. The van der Waals surface area contributed by atoms with Crippen LogP contribution in [-0.4, -0.2) is 33.2 Å². The fourth-order valence-electron chi connectivity index (χ4n) is 1.60. The normalized spacial score (nSPS) is 12.5. The Morgan fingerprint density at radius 1 is 1.12 bits per heavy atom. The third kappa shape index (κ3) is 6.04. The number of carbonyl (C=O) groups is 2. The second-order valence-electron chi connectivity index (χ2n) is 6.01. The van der Waals surface area contributed by atoms with Crippen LogP contribution in [-0.2, 0) is 24.1 Å². The number of aryl methyl sites for hydroxylation is 1. The van der Waals surface area contributed by atoms with E-state index in [1.807, 2.05) is 6.92 Å². The number of esters is 1. The van der Waals surface area contributed by atoms with E-state index in [1.165, 1.54) is 12.1 Å². The first-order valence-electron chi connectivity index (χ1n) is 7.06. The SMILES string of the molecule is COC(=O)/C(=C\S(=O)(=O)c1ccc(C)cc1)NC(=O)OC(C)(C)C. The van der Waals surface area contributed by atoms with E-state index in [4.69, 9.17) is 4.74 Å². The molecule has 0 aromatic heterocycles. The molecule has 0 aliphatic carbocycles. The highest BCUT2D eigenvalue weighted by Crippen LogP contribution is 2.15. The molecular weight excluding hydrogens is 334 g/mol. The highest BCUT2D eigenvalue weighted by atomic mass is 32.2. The third-order valence-electron chi connectivity index (χ3n) is 2.66. The topological polar surface area (TPSA) is 98.8 Å². The number of ether oxygens (including phenoxy) is 2. The van der Waals surface area contributed by atoms with E-state index in [1.54, 1.807) is 32.9 Å². The molecule has 0 unspecified atom stereocenters. The molecule has 8 heteroatoms. The summed E-state index contributed by atoms with van der Waals surface area (Å²) < 4.78 is 34.2. The summed E-state index contributed by atoms with van der Waals surface area (Å²) in [6.07, 6.45) is -0.960. The van der Waals surface area contributed by atoms with Crippen molar-refractivity contribution in [3.63, 3.8) is 0 Å². The first kappa shape index (κ1) is 19.7. The van der Waals surface area contributed by atoms with E-state index in [0.29, 0.717) is 5.41 Å². The summed E-state index contributed by atoms with van der Waals surface area (Å²) in [6, 6.07) is 6.06. The molecule has 1 amide bonds. The van der Waals surface area contributed by atoms with Crippen LogP contribution in [0.5, 0.6) is 0 Å². The number of hydrogen-bond acceptors (Lipinski definition) is 6. The minimum Gasteiger partial charge on any atom is -0.464 e. The van der Waals surface area contributed by atoms with E-state index in [9.17, 15) is 18.0 Å². The molecule has 0 radical (unpaired) electrons. The fraction of sp³-hybridized carbons (Fsp3) is 0.375. The van der Waals surface area contributed by atoms with Gasteiger partial charge in [0, 0.05) is 0 Å². The summed E-state index contributed by atoms with van der Waals surface area (Å²) in [5.74, 6) is -1.00. The van der Waals surface area contributed by atoms with Gasteiger partial charge in [0.15, 0.2) is 0 Å². The lowest BCUT2D eigenvalue weighted by molar-refractivity contribution is -0.136. The van der Waals surface area contributed by atoms with Crippen molar-refractivity contribution in [2.45, 2.75) is 38.2 Å². The van der Waals surface area contributed by atoms with Crippen LogP contribution in [0.1, 0.15) is 26.3 Å². The Balaban J connectivity index is 3.15. The van der Waals surface area contributed by atoms with Crippen molar-refractivity contribution in [3.05, 3.63) is 40.9 Å². The molecule has 0 bridgehead atoms. The second-order valence-corrected chi connectivity index (χ2v) is 7.81. The van der Waals surface area contributed by atoms with Crippen LogP contribution in [0.3, 0.4) is 0 Å². The van der Waals surface area contributed by atoms with Crippen molar-refractivity contribution in [1.82, 2.24) is 5.32 Å². The zero-order valence-electron chi connectivity index (χ0n) is 14.2. The summed E-state index contributed by atoms with van der Waals surface area (Å²) >= 11 is 0. The smallest absolute Gasteiger partial charge is 0.412 e. The molecule has 0 heterocycles. The van der Waals surface area contributed by atoms with Crippen LogP contribution in [0.25, 0.3) is 0 Å². The molecule has 24 heavy (non-hydrogen) atoms. The number of carbonyl (C=O) groups excluding carboxylic acids is 2. The monoisotopic (exact) mass is 355 g/mol. The van der Waals surface area contributed by atoms with Crippen molar-refractivity contribution in [2.75, 3.05) is 7.11 Å². The van der Waals surface area contributed by atoms with E-state index in [-0.39, 0.29) is 4.90 Å². The van der Waals surface area contributed by atoms with Gasteiger partial charge in [0.05, 0.1) is 17.4 Å². The first-order chi connectivity index (χ1) is 10.9. The van der Waals surface area contributed by atoms with Gasteiger partial charge in [0.25, 0.3) is 0 Å². The van der Waals surface area contributed by atoms with Crippen molar-refractivity contribution < 1.29 is 27.5 Å². The van der Waals surface area contributed by atoms with Crippen molar-refractivity contribution in [3.8, 4) is 0 Å². The minimum atomic E-state index is -3.95. The molecule has 0 atom stereocenters. The maximum Gasteiger partial charge on any atom is 0.412 e. The quantitative estimate of drug-likeness (QED) is 0.657. The zero-order valence-corrected chi connectivity index (χ0v) is 15.1. The van der Waals surface area contributed by atoms with Gasteiger partial charge in [0.1, 0.15) is 11.3 Å². The average Bonchev–Trinajstić information content (AvgIpc) is 2.44. The molecular formula is C16H21NO6S. The maximum atomic E-state index is 12.4. The Morgan fingerprint density at radius 2 is 1.67 bits per heavy atom. The summed E-state index contributed by atoms with van der Waals surface area (Å²) in [5, 5.41) is 2.75. The summed E-state index contributed by atoms with van der Waals surface area (Å²) in [7, 11) is -2.88. The molecule has 0 aliphatic rings. The van der Waals surface area contributed by atoms with Crippen LogP contribution in [0, 0.1) is 6.92 Å². The Bertz CT molecular complexity index is 742. The molecule has 0 fully saturated rings. The number of hydrogen-bond donors (Lipinski definition) is 1. The average molecular weight is 355 g/mol. The molecule has 1 rings (SSSR count). The molecule has 0 saturated carbocycles. The molecule has 1 aromatic rings. The van der Waals surface area contributed by atoms with E-state index >= 15 is 0 Å². The number of amides is 1. The summed E-state index contributed by atoms with van der Waals surface area (Å²) in [5.41, 5.74) is -0.452. The van der Waals surface area contributed by atoms with Crippen LogP contribution in [0.15, 0.2) is 40.3 Å². The van der Waals surface area contributed by atoms with Crippen molar-refractivity contribution in [1.29, 1.82) is 0 Å². The Hall–Kier alpha value is -2.35. The van der Waals surface area contributed by atoms with Crippen molar-refractivity contribution >= 4 is 21.9 Å². The molecule has 1 N–H and O–H groups in total. The highest BCUT2D eigenvalue weighted by molar-refractivity contribution is 7.94. The largest absolute Gasteiger partial charge is 0.464 e. The van der Waals surface area contributed by atoms with Crippen LogP contribution < -0.4 is 5.32 Å². The highest BCUT2D eigenvalue weighted by Gasteiger charge is 2.23. The molecule has 1 aromatic carbocycles. The van der Waals surface area contributed by atoms with E-state index < -0.39 is 33.2 Å². The van der Waals surface area contributed by atoms with Gasteiger partial charge < -0.3 is 9.47 Å². The molecule has 0 saturated heterocycles. The zero-order chi connectivity index (χ0) is 18.5. The van der Waals surface area contributed by atoms with Crippen LogP contribution in [0.2, 0.25) is 0 Å². The van der Waals surface area contributed by atoms with Gasteiger partial charge >= 0.3 is 12.1 Å². The van der Waals surface area contributed by atoms with Gasteiger partial charge in [0.2, 0.25) is 9.84 Å². The lowest BCUT2D eigenvalue weighted by Crippen LogP contribution is -2.34. The number of benzene rings is 1. The number of sulfone groups is 1. The summed E-state index contributed by atoms with van der Waals surface area (Å²) in [6.45, 7) is 6.72. The van der Waals surface area contributed by atoms with Crippen LogP contribution >= 0.6 is 0 Å². The molecule has 132 valence electrons. The van der Waals surface area contributed by atoms with E-state index in [2.05, 4.69) is 10.1 Å².